The summed E-state index contributed by atoms with van der Waals surface area (Å²) in [5, 5.41) is 4.55. The van der Waals surface area contributed by atoms with E-state index >= 15 is 0 Å². The molecule has 1 aromatic heterocycles. The molecule has 2 N–H and O–H groups in total. The summed E-state index contributed by atoms with van der Waals surface area (Å²) in [4.78, 5) is 0. The Labute approximate surface area is 90.7 Å². The zero-order valence-corrected chi connectivity index (χ0v) is 9.32. The molecule has 15 heavy (non-hydrogen) atoms. The fourth-order valence-corrected chi connectivity index (χ4v) is 2.74. The summed E-state index contributed by atoms with van der Waals surface area (Å²) in [5.74, 6) is 0.868. The van der Waals surface area contributed by atoms with Gasteiger partial charge in [-0.25, -0.2) is 0 Å². The lowest BCUT2D eigenvalue weighted by molar-refractivity contribution is 0.414. The number of fused-ring (bicyclic) bond motifs is 1. The van der Waals surface area contributed by atoms with Gasteiger partial charge >= 0.3 is 0 Å². The van der Waals surface area contributed by atoms with Gasteiger partial charge in [0.15, 0.2) is 0 Å². The molecule has 3 rings (SSSR count). The fourth-order valence-electron chi connectivity index (χ4n) is 2.74. The molecule has 2 unspecified atom stereocenters. The Kier molecular flexibility index (Phi) is 2.09. The van der Waals surface area contributed by atoms with Crippen LogP contribution < -0.4 is 5.73 Å². The predicted octanol–water partition coefficient (Wildman–Crippen LogP) is 2.19. The van der Waals surface area contributed by atoms with E-state index in [4.69, 9.17) is 5.73 Å². The third-order valence-electron chi connectivity index (χ3n) is 3.95. The standard InChI is InChI=1S/C12H19N3/c1-8(9-5-6-9)15-12-4-2-3-11(13)10(12)7-14-15/h7-9,11H,2-6,13H2,1H3. The van der Waals surface area contributed by atoms with Crippen molar-refractivity contribution in [3.05, 3.63) is 17.5 Å². The van der Waals surface area contributed by atoms with Crippen LogP contribution in [-0.2, 0) is 6.42 Å². The molecule has 1 heterocycles. The summed E-state index contributed by atoms with van der Waals surface area (Å²) in [6.07, 6.45) is 8.26. The topological polar surface area (TPSA) is 43.8 Å². The SMILES string of the molecule is CC(C1CC1)n1ncc2c1CCCC2N. The van der Waals surface area contributed by atoms with Crippen LogP contribution in [0.5, 0.6) is 0 Å². The second kappa shape index (κ2) is 3.34. The van der Waals surface area contributed by atoms with E-state index in [9.17, 15) is 0 Å². The van der Waals surface area contributed by atoms with Gasteiger partial charge in [0.05, 0.1) is 12.2 Å². The molecule has 0 aromatic carbocycles. The van der Waals surface area contributed by atoms with Crippen LogP contribution in [0.2, 0.25) is 0 Å². The number of nitrogens with zero attached hydrogens (tertiary/aromatic N) is 2. The van der Waals surface area contributed by atoms with Gasteiger partial charge in [-0.3, -0.25) is 4.68 Å². The second-order valence-electron chi connectivity index (χ2n) is 5.07. The third kappa shape index (κ3) is 1.49. The molecular weight excluding hydrogens is 186 g/mol. The van der Waals surface area contributed by atoms with Crippen LogP contribution in [0.25, 0.3) is 0 Å². The van der Waals surface area contributed by atoms with Crippen molar-refractivity contribution in [1.29, 1.82) is 0 Å². The minimum Gasteiger partial charge on any atom is -0.324 e. The molecule has 3 heteroatoms. The lowest BCUT2D eigenvalue weighted by Crippen LogP contribution is -2.20. The highest BCUT2D eigenvalue weighted by atomic mass is 15.3. The summed E-state index contributed by atoms with van der Waals surface area (Å²) >= 11 is 0. The van der Waals surface area contributed by atoms with Crippen LogP contribution in [0.4, 0.5) is 0 Å². The Balaban J connectivity index is 1.95. The monoisotopic (exact) mass is 205 g/mol. The molecule has 2 aliphatic carbocycles. The van der Waals surface area contributed by atoms with Gasteiger partial charge in [-0.15, -0.1) is 0 Å². The van der Waals surface area contributed by atoms with E-state index < -0.39 is 0 Å². The number of nitrogens with two attached hydrogens (primary N) is 1. The second-order valence-corrected chi connectivity index (χ2v) is 5.07. The van der Waals surface area contributed by atoms with Crippen molar-refractivity contribution >= 4 is 0 Å². The zero-order valence-electron chi connectivity index (χ0n) is 9.32. The number of rotatable bonds is 2. The fraction of sp³-hybridized carbons (Fsp3) is 0.750. The molecule has 3 nitrogen and oxygen atoms in total. The maximum absolute atomic E-state index is 6.10. The molecule has 2 atom stereocenters. The van der Waals surface area contributed by atoms with Crippen molar-refractivity contribution in [3.8, 4) is 0 Å². The Hall–Kier alpha value is -0.830. The van der Waals surface area contributed by atoms with Crippen LogP contribution >= 0.6 is 0 Å². The van der Waals surface area contributed by atoms with Crippen molar-refractivity contribution in [3.63, 3.8) is 0 Å². The molecule has 0 saturated heterocycles. The first-order valence-corrected chi connectivity index (χ1v) is 6.09. The summed E-state index contributed by atoms with van der Waals surface area (Å²) < 4.78 is 2.24. The summed E-state index contributed by atoms with van der Waals surface area (Å²) in [5.41, 5.74) is 8.81. The van der Waals surface area contributed by atoms with Gasteiger partial charge in [0.25, 0.3) is 0 Å². The van der Waals surface area contributed by atoms with E-state index in [1.165, 1.54) is 36.9 Å². The molecule has 0 bridgehead atoms. The van der Waals surface area contributed by atoms with Gasteiger partial charge in [-0.05, 0) is 44.9 Å². The van der Waals surface area contributed by atoms with E-state index in [-0.39, 0.29) is 6.04 Å². The zero-order chi connectivity index (χ0) is 10.4. The molecule has 1 fully saturated rings. The van der Waals surface area contributed by atoms with Crippen LogP contribution in [0, 0.1) is 5.92 Å². The largest absolute Gasteiger partial charge is 0.324 e. The van der Waals surface area contributed by atoms with Gasteiger partial charge in [0.1, 0.15) is 0 Å². The maximum atomic E-state index is 6.10. The van der Waals surface area contributed by atoms with Gasteiger partial charge in [0, 0.05) is 17.3 Å². The molecule has 1 aromatic rings. The van der Waals surface area contributed by atoms with E-state index in [2.05, 4.69) is 16.7 Å². The van der Waals surface area contributed by atoms with Crippen molar-refractivity contribution in [2.75, 3.05) is 0 Å². The van der Waals surface area contributed by atoms with Crippen molar-refractivity contribution < 1.29 is 0 Å². The quantitative estimate of drug-likeness (QED) is 0.804. The molecule has 0 spiro atoms. The highest BCUT2D eigenvalue weighted by Gasteiger charge is 2.32. The first-order chi connectivity index (χ1) is 7.27. The number of hydrogen-bond acceptors (Lipinski definition) is 2. The Morgan fingerprint density at radius 1 is 1.47 bits per heavy atom. The van der Waals surface area contributed by atoms with Crippen LogP contribution in [-0.4, -0.2) is 9.78 Å². The first-order valence-electron chi connectivity index (χ1n) is 6.09. The highest BCUT2D eigenvalue weighted by Crippen LogP contribution is 2.41. The molecule has 0 amide bonds. The number of aromatic nitrogens is 2. The number of hydrogen-bond donors (Lipinski definition) is 1. The first kappa shape index (κ1) is 9.40. The molecular formula is C12H19N3. The van der Waals surface area contributed by atoms with Gasteiger partial charge < -0.3 is 5.73 Å². The van der Waals surface area contributed by atoms with Crippen LogP contribution in [0.15, 0.2) is 6.20 Å². The normalized spacial score (nSPS) is 27.5. The van der Waals surface area contributed by atoms with Crippen molar-refractivity contribution in [2.24, 2.45) is 11.7 Å². The summed E-state index contributed by atoms with van der Waals surface area (Å²) in [6.45, 7) is 2.30. The summed E-state index contributed by atoms with van der Waals surface area (Å²) in [7, 11) is 0. The summed E-state index contributed by atoms with van der Waals surface area (Å²) in [6, 6.07) is 0.813. The Morgan fingerprint density at radius 3 is 3.00 bits per heavy atom. The van der Waals surface area contributed by atoms with Crippen molar-refractivity contribution in [2.45, 2.75) is 51.1 Å². The van der Waals surface area contributed by atoms with Gasteiger partial charge in [-0.2, -0.15) is 5.10 Å². The van der Waals surface area contributed by atoms with Gasteiger partial charge in [0.2, 0.25) is 0 Å². The van der Waals surface area contributed by atoms with E-state index in [1.807, 2.05) is 6.20 Å². The highest BCUT2D eigenvalue weighted by molar-refractivity contribution is 5.25. The predicted molar refractivity (Wildman–Crippen MR) is 59.5 cm³/mol. The minimum absolute atomic E-state index is 0.230. The van der Waals surface area contributed by atoms with E-state index in [1.54, 1.807) is 0 Å². The molecule has 0 radical (unpaired) electrons. The maximum Gasteiger partial charge on any atom is 0.0540 e. The molecule has 1 saturated carbocycles. The lowest BCUT2D eigenvalue weighted by Gasteiger charge is -2.22. The average Bonchev–Trinajstić information content (AvgIpc) is 2.98. The molecule has 2 aliphatic rings. The van der Waals surface area contributed by atoms with Gasteiger partial charge in [-0.1, -0.05) is 0 Å². The van der Waals surface area contributed by atoms with Crippen LogP contribution in [0.3, 0.4) is 0 Å². The Morgan fingerprint density at radius 2 is 2.27 bits per heavy atom. The van der Waals surface area contributed by atoms with E-state index in [0.29, 0.717) is 6.04 Å². The third-order valence-corrected chi connectivity index (χ3v) is 3.95. The lowest BCUT2D eigenvalue weighted by atomic mass is 9.93. The Bertz CT molecular complexity index is 365. The average molecular weight is 205 g/mol. The smallest absolute Gasteiger partial charge is 0.0540 e. The van der Waals surface area contributed by atoms with E-state index in [0.717, 1.165) is 12.3 Å². The van der Waals surface area contributed by atoms with Crippen molar-refractivity contribution in [1.82, 2.24) is 9.78 Å². The van der Waals surface area contributed by atoms with Crippen LogP contribution in [0.1, 0.15) is 55.9 Å². The molecule has 0 aliphatic heterocycles. The minimum atomic E-state index is 0.230. The molecule has 82 valence electrons.